The molecule has 3 rings (SSSR count). The number of carbonyl (C=O) groups excluding carboxylic acids is 3. The standard InChI is InChI=1S/C30H40N2O5/c1-30(2,3)20-28(34)32-16-14-23(15-17-32)19-27(33)31-26(29(35)36-4)18-22-10-12-25(13-11-22)37-21-24-8-6-5-7-9-24/h5-13,23,26H,14-21H2,1-4H3,(H,31,33). The zero-order valence-electron chi connectivity index (χ0n) is 22.5. The maximum Gasteiger partial charge on any atom is 0.328 e. The van der Waals surface area contributed by atoms with Crippen molar-refractivity contribution in [1.82, 2.24) is 10.2 Å². The van der Waals surface area contributed by atoms with Crippen LogP contribution in [0.5, 0.6) is 5.75 Å². The molecule has 1 N–H and O–H groups in total. The highest BCUT2D eigenvalue weighted by Crippen LogP contribution is 2.25. The van der Waals surface area contributed by atoms with Crippen LogP contribution in [0.3, 0.4) is 0 Å². The second-order valence-corrected chi connectivity index (χ2v) is 11.0. The molecule has 1 heterocycles. The molecule has 0 aromatic heterocycles. The van der Waals surface area contributed by atoms with E-state index in [-0.39, 0.29) is 23.1 Å². The second-order valence-electron chi connectivity index (χ2n) is 11.0. The molecule has 2 aromatic carbocycles. The molecule has 0 spiro atoms. The van der Waals surface area contributed by atoms with Crippen LogP contribution in [0.2, 0.25) is 0 Å². The van der Waals surface area contributed by atoms with Gasteiger partial charge < -0.3 is 19.7 Å². The number of rotatable bonds is 10. The first-order valence-electron chi connectivity index (χ1n) is 13.0. The predicted octanol–water partition coefficient (Wildman–Crippen LogP) is 4.53. The van der Waals surface area contributed by atoms with Crippen molar-refractivity contribution in [2.45, 2.75) is 65.5 Å². The summed E-state index contributed by atoms with van der Waals surface area (Å²) in [6, 6.07) is 16.7. The molecule has 2 amide bonds. The van der Waals surface area contributed by atoms with Crippen LogP contribution in [0.25, 0.3) is 0 Å². The van der Waals surface area contributed by atoms with Gasteiger partial charge in [-0.1, -0.05) is 63.2 Å². The zero-order chi connectivity index (χ0) is 26.8. The molecule has 2 aromatic rings. The zero-order valence-corrected chi connectivity index (χ0v) is 22.5. The summed E-state index contributed by atoms with van der Waals surface area (Å²) >= 11 is 0. The average molecular weight is 509 g/mol. The number of piperidine rings is 1. The number of carbonyl (C=O) groups is 3. The maximum atomic E-state index is 12.8. The lowest BCUT2D eigenvalue weighted by molar-refractivity contribution is -0.145. The second kappa shape index (κ2) is 13.3. The highest BCUT2D eigenvalue weighted by molar-refractivity contribution is 5.84. The first-order chi connectivity index (χ1) is 17.6. The number of methoxy groups -OCH3 is 1. The van der Waals surface area contributed by atoms with E-state index in [2.05, 4.69) is 26.1 Å². The van der Waals surface area contributed by atoms with Crippen molar-refractivity contribution in [3.8, 4) is 5.75 Å². The summed E-state index contributed by atoms with van der Waals surface area (Å²) in [7, 11) is 1.33. The van der Waals surface area contributed by atoms with Crippen molar-refractivity contribution >= 4 is 17.8 Å². The topological polar surface area (TPSA) is 84.9 Å². The van der Waals surface area contributed by atoms with E-state index in [9.17, 15) is 14.4 Å². The molecule has 1 saturated heterocycles. The van der Waals surface area contributed by atoms with Crippen LogP contribution in [0.15, 0.2) is 54.6 Å². The molecule has 1 aliphatic heterocycles. The molecule has 37 heavy (non-hydrogen) atoms. The van der Waals surface area contributed by atoms with Crippen LogP contribution >= 0.6 is 0 Å². The van der Waals surface area contributed by atoms with Crippen LogP contribution in [0.1, 0.15) is 57.6 Å². The fraction of sp³-hybridized carbons (Fsp3) is 0.500. The molecule has 7 heteroatoms. The lowest BCUT2D eigenvalue weighted by Gasteiger charge is -2.33. The first-order valence-corrected chi connectivity index (χ1v) is 13.0. The van der Waals surface area contributed by atoms with Gasteiger partial charge in [0.25, 0.3) is 0 Å². The smallest absolute Gasteiger partial charge is 0.328 e. The minimum atomic E-state index is -0.762. The number of hydrogen-bond donors (Lipinski definition) is 1. The van der Waals surface area contributed by atoms with Crippen molar-refractivity contribution in [1.29, 1.82) is 0 Å². The van der Waals surface area contributed by atoms with Gasteiger partial charge in [0.1, 0.15) is 18.4 Å². The van der Waals surface area contributed by atoms with E-state index >= 15 is 0 Å². The van der Waals surface area contributed by atoms with Gasteiger partial charge in [0, 0.05) is 32.4 Å². The summed E-state index contributed by atoms with van der Waals surface area (Å²) < 4.78 is 10.8. The average Bonchev–Trinajstić information content (AvgIpc) is 2.87. The normalized spacial score (nSPS) is 15.1. The highest BCUT2D eigenvalue weighted by Gasteiger charge is 2.28. The van der Waals surface area contributed by atoms with Crippen molar-refractivity contribution in [2.24, 2.45) is 11.3 Å². The molecule has 0 saturated carbocycles. The molecule has 1 unspecified atom stereocenters. The Hall–Kier alpha value is -3.35. The Morgan fingerprint density at radius 3 is 2.22 bits per heavy atom. The van der Waals surface area contributed by atoms with Crippen molar-refractivity contribution < 1.29 is 23.9 Å². The third-order valence-corrected chi connectivity index (χ3v) is 6.56. The van der Waals surface area contributed by atoms with Gasteiger partial charge in [0.15, 0.2) is 0 Å². The number of hydrogen-bond acceptors (Lipinski definition) is 5. The number of ether oxygens (including phenoxy) is 2. The van der Waals surface area contributed by atoms with E-state index in [4.69, 9.17) is 9.47 Å². The summed E-state index contributed by atoms with van der Waals surface area (Å²) in [6.45, 7) is 8.01. The van der Waals surface area contributed by atoms with Gasteiger partial charge in [0.2, 0.25) is 11.8 Å². The minimum Gasteiger partial charge on any atom is -0.489 e. The van der Waals surface area contributed by atoms with E-state index in [0.717, 1.165) is 29.7 Å². The fourth-order valence-electron chi connectivity index (χ4n) is 4.50. The van der Waals surface area contributed by atoms with E-state index in [1.807, 2.05) is 59.5 Å². The Morgan fingerprint density at radius 2 is 1.62 bits per heavy atom. The molecule has 0 aliphatic carbocycles. The number of nitrogens with one attached hydrogen (secondary N) is 1. The molecule has 1 atom stereocenters. The molecule has 0 radical (unpaired) electrons. The van der Waals surface area contributed by atoms with Gasteiger partial charge in [0.05, 0.1) is 7.11 Å². The SMILES string of the molecule is COC(=O)C(Cc1ccc(OCc2ccccc2)cc1)NC(=O)CC1CCN(C(=O)CC(C)(C)C)CC1. The Kier molecular flexibility index (Phi) is 10.1. The number of nitrogens with zero attached hydrogens (tertiary/aromatic N) is 1. The van der Waals surface area contributed by atoms with Crippen LogP contribution in [0, 0.1) is 11.3 Å². The number of benzene rings is 2. The quantitative estimate of drug-likeness (QED) is 0.477. The lowest BCUT2D eigenvalue weighted by Crippen LogP contribution is -2.45. The van der Waals surface area contributed by atoms with Crippen LogP contribution in [-0.4, -0.2) is 48.9 Å². The molecular formula is C30H40N2O5. The molecule has 7 nitrogen and oxygen atoms in total. The Bertz CT molecular complexity index is 1020. The van der Waals surface area contributed by atoms with Crippen molar-refractivity contribution in [3.05, 3.63) is 65.7 Å². The molecule has 0 bridgehead atoms. The third-order valence-electron chi connectivity index (χ3n) is 6.56. The third kappa shape index (κ3) is 9.56. The monoisotopic (exact) mass is 508 g/mol. The maximum absolute atomic E-state index is 12.8. The van der Waals surface area contributed by atoms with Gasteiger partial charge in [-0.05, 0) is 47.4 Å². The van der Waals surface area contributed by atoms with Gasteiger partial charge in [-0.15, -0.1) is 0 Å². The molecule has 200 valence electrons. The number of amides is 2. The van der Waals surface area contributed by atoms with Crippen LogP contribution < -0.4 is 10.1 Å². The summed E-state index contributed by atoms with van der Waals surface area (Å²) in [5.41, 5.74) is 1.95. The van der Waals surface area contributed by atoms with Crippen LogP contribution in [-0.2, 0) is 32.1 Å². The Morgan fingerprint density at radius 1 is 0.973 bits per heavy atom. The summed E-state index contributed by atoms with van der Waals surface area (Å²) in [5.74, 6) is 0.465. The minimum absolute atomic E-state index is 0.0355. The van der Waals surface area contributed by atoms with Crippen molar-refractivity contribution in [3.63, 3.8) is 0 Å². The fourth-order valence-corrected chi connectivity index (χ4v) is 4.50. The number of likely N-dealkylation sites (tertiary alicyclic amines) is 1. The van der Waals surface area contributed by atoms with Gasteiger partial charge in [-0.25, -0.2) is 4.79 Å². The Labute approximate surface area is 220 Å². The summed E-state index contributed by atoms with van der Waals surface area (Å²) in [4.78, 5) is 39.6. The number of esters is 1. The van der Waals surface area contributed by atoms with E-state index in [0.29, 0.717) is 39.0 Å². The van der Waals surface area contributed by atoms with Gasteiger partial charge >= 0.3 is 5.97 Å². The molecular weight excluding hydrogens is 468 g/mol. The van der Waals surface area contributed by atoms with E-state index in [1.54, 1.807) is 0 Å². The first kappa shape index (κ1) is 28.2. The largest absolute Gasteiger partial charge is 0.489 e. The molecule has 1 fully saturated rings. The van der Waals surface area contributed by atoms with Gasteiger partial charge in [-0.2, -0.15) is 0 Å². The Balaban J connectivity index is 1.47. The molecule has 1 aliphatic rings. The highest BCUT2D eigenvalue weighted by atomic mass is 16.5. The van der Waals surface area contributed by atoms with Gasteiger partial charge in [-0.3, -0.25) is 9.59 Å². The van der Waals surface area contributed by atoms with E-state index in [1.165, 1.54) is 7.11 Å². The van der Waals surface area contributed by atoms with Crippen LogP contribution in [0.4, 0.5) is 0 Å². The van der Waals surface area contributed by atoms with Crippen molar-refractivity contribution in [2.75, 3.05) is 20.2 Å². The summed E-state index contributed by atoms with van der Waals surface area (Å²) in [6.07, 6.45) is 2.77. The summed E-state index contributed by atoms with van der Waals surface area (Å²) in [5, 5.41) is 2.86. The lowest BCUT2D eigenvalue weighted by atomic mass is 9.89. The predicted molar refractivity (Wildman–Crippen MR) is 143 cm³/mol. The van der Waals surface area contributed by atoms with E-state index < -0.39 is 12.0 Å².